The fourth-order valence-electron chi connectivity index (χ4n) is 2.52. The first-order valence-electron chi connectivity index (χ1n) is 8.09. The number of nitrogens with one attached hydrogen (secondary N) is 2. The van der Waals surface area contributed by atoms with Crippen LogP contribution in [0.1, 0.15) is 16.7 Å². The number of rotatable bonds is 4. The number of aromatic nitrogens is 2. The van der Waals surface area contributed by atoms with Crippen LogP contribution >= 0.6 is 11.6 Å². The van der Waals surface area contributed by atoms with Gasteiger partial charge in [0.2, 0.25) is 5.91 Å². The summed E-state index contributed by atoms with van der Waals surface area (Å²) in [4.78, 5) is 40.7. The SMILES string of the molecule is NC(=O)Cc1ccc(C=c2[nH]c(=O)c(=Cc3ccc(Cl)cc3)[nH]c2=O)cc1. The molecule has 0 unspecified atom stereocenters. The van der Waals surface area contributed by atoms with Crippen molar-refractivity contribution in [2.75, 3.05) is 0 Å². The van der Waals surface area contributed by atoms with Crippen molar-refractivity contribution in [1.82, 2.24) is 9.97 Å². The Balaban J connectivity index is 1.98. The smallest absolute Gasteiger partial charge is 0.272 e. The van der Waals surface area contributed by atoms with Gasteiger partial charge in [0.05, 0.1) is 6.42 Å². The first kappa shape index (κ1) is 18.4. The van der Waals surface area contributed by atoms with Gasteiger partial charge in [-0.25, -0.2) is 0 Å². The highest BCUT2D eigenvalue weighted by atomic mass is 35.5. The van der Waals surface area contributed by atoms with Gasteiger partial charge in [0, 0.05) is 5.02 Å². The number of primary amides is 1. The quantitative estimate of drug-likeness (QED) is 0.608. The van der Waals surface area contributed by atoms with E-state index in [1.165, 1.54) is 0 Å². The zero-order valence-corrected chi connectivity index (χ0v) is 14.9. The van der Waals surface area contributed by atoms with Crippen LogP contribution in [0, 0.1) is 0 Å². The molecule has 0 saturated heterocycles. The van der Waals surface area contributed by atoms with Crippen molar-refractivity contribution in [3.63, 3.8) is 0 Å². The molecule has 0 aliphatic carbocycles. The zero-order valence-electron chi connectivity index (χ0n) is 14.2. The van der Waals surface area contributed by atoms with E-state index < -0.39 is 17.0 Å². The van der Waals surface area contributed by atoms with E-state index >= 15 is 0 Å². The van der Waals surface area contributed by atoms with Gasteiger partial charge >= 0.3 is 0 Å². The number of halogens is 1. The summed E-state index contributed by atoms with van der Waals surface area (Å²) in [5.74, 6) is -0.417. The molecule has 0 radical (unpaired) electrons. The molecule has 27 heavy (non-hydrogen) atoms. The number of hydrogen-bond acceptors (Lipinski definition) is 3. The average Bonchev–Trinajstić information content (AvgIpc) is 2.62. The second-order valence-corrected chi connectivity index (χ2v) is 6.40. The van der Waals surface area contributed by atoms with Gasteiger partial charge in [0.15, 0.2) is 0 Å². The van der Waals surface area contributed by atoms with Crippen LogP contribution in [0.2, 0.25) is 5.02 Å². The third kappa shape index (κ3) is 4.83. The van der Waals surface area contributed by atoms with Crippen LogP contribution in [0.5, 0.6) is 0 Å². The highest BCUT2D eigenvalue weighted by Gasteiger charge is 2.00. The van der Waals surface area contributed by atoms with E-state index in [-0.39, 0.29) is 17.1 Å². The van der Waals surface area contributed by atoms with Crippen molar-refractivity contribution < 1.29 is 4.79 Å². The molecule has 136 valence electrons. The maximum absolute atomic E-state index is 12.3. The molecule has 0 aliphatic heterocycles. The maximum atomic E-state index is 12.3. The molecule has 0 bridgehead atoms. The second kappa shape index (κ2) is 7.88. The van der Waals surface area contributed by atoms with E-state index in [2.05, 4.69) is 9.97 Å². The van der Waals surface area contributed by atoms with Crippen molar-refractivity contribution in [1.29, 1.82) is 0 Å². The lowest BCUT2D eigenvalue weighted by Crippen LogP contribution is -2.46. The van der Waals surface area contributed by atoms with Gasteiger partial charge in [-0.3, -0.25) is 14.4 Å². The zero-order chi connectivity index (χ0) is 19.4. The molecular weight excluding hydrogens is 366 g/mol. The average molecular weight is 382 g/mol. The van der Waals surface area contributed by atoms with Crippen LogP contribution < -0.4 is 27.6 Å². The highest BCUT2D eigenvalue weighted by molar-refractivity contribution is 6.30. The van der Waals surface area contributed by atoms with Crippen molar-refractivity contribution in [3.05, 3.63) is 102 Å². The van der Waals surface area contributed by atoms with Gasteiger partial charge in [0.25, 0.3) is 11.1 Å². The van der Waals surface area contributed by atoms with E-state index in [1.54, 1.807) is 60.7 Å². The second-order valence-electron chi connectivity index (χ2n) is 5.96. The van der Waals surface area contributed by atoms with Gasteiger partial charge < -0.3 is 15.7 Å². The summed E-state index contributed by atoms with van der Waals surface area (Å²) in [6, 6.07) is 13.8. The lowest BCUT2D eigenvalue weighted by Gasteiger charge is -1.98. The van der Waals surface area contributed by atoms with Gasteiger partial charge in [-0.1, -0.05) is 48.0 Å². The molecule has 0 saturated carbocycles. The van der Waals surface area contributed by atoms with Crippen molar-refractivity contribution in [2.24, 2.45) is 5.73 Å². The number of benzene rings is 2. The number of nitrogens with two attached hydrogens (primary N) is 1. The van der Waals surface area contributed by atoms with Gasteiger partial charge in [-0.05, 0) is 41.0 Å². The summed E-state index contributed by atoms with van der Waals surface area (Å²) in [5, 5.41) is 0.869. The first-order chi connectivity index (χ1) is 12.9. The number of hydrogen-bond donors (Lipinski definition) is 3. The predicted molar refractivity (Wildman–Crippen MR) is 105 cm³/mol. The summed E-state index contributed by atoms with van der Waals surface area (Å²) in [5.41, 5.74) is 6.54. The molecule has 1 amide bonds. The topological polar surface area (TPSA) is 109 Å². The first-order valence-corrected chi connectivity index (χ1v) is 8.47. The maximum Gasteiger partial charge on any atom is 0.272 e. The van der Waals surface area contributed by atoms with Crippen LogP contribution in [-0.2, 0) is 11.2 Å². The Kier molecular flexibility index (Phi) is 5.38. The fraction of sp³-hybridized carbons (Fsp3) is 0.0500. The number of amides is 1. The van der Waals surface area contributed by atoms with Gasteiger partial charge in [0.1, 0.15) is 10.7 Å². The highest BCUT2D eigenvalue weighted by Crippen LogP contribution is 2.09. The molecule has 1 aromatic heterocycles. The van der Waals surface area contributed by atoms with E-state index in [0.29, 0.717) is 10.6 Å². The molecule has 0 atom stereocenters. The molecule has 1 heterocycles. The third-order valence-electron chi connectivity index (χ3n) is 3.84. The summed E-state index contributed by atoms with van der Waals surface area (Å²) in [6.07, 6.45) is 3.27. The summed E-state index contributed by atoms with van der Waals surface area (Å²) >= 11 is 5.84. The molecule has 4 N–H and O–H groups in total. The van der Waals surface area contributed by atoms with Gasteiger partial charge in [-0.2, -0.15) is 0 Å². The van der Waals surface area contributed by atoms with Crippen LogP contribution in [0.4, 0.5) is 0 Å². The molecular formula is C20H16ClN3O3. The van der Waals surface area contributed by atoms with Crippen molar-refractivity contribution >= 4 is 29.7 Å². The third-order valence-corrected chi connectivity index (χ3v) is 4.09. The Morgan fingerprint density at radius 3 is 1.74 bits per heavy atom. The normalized spacial score (nSPS) is 12.3. The Morgan fingerprint density at radius 2 is 1.30 bits per heavy atom. The van der Waals surface area contributed by atoms with Crippen LogP contribution in [-0.4, -0.2) is 15.9 Å². The number of carbonyl (C=O) groups excluding carboxylic acids is 1. The minimum absolute atomic E-state index is 0.135. The van der Waals surface area contributed by atoms with E-state index in [0.717, 1.165) is 11.1 Å². The van der Waals surface area contributed by atoms with E-state index in [4.69, 9.17) is 17.3 Å². The molecule has 2 aromatic carbocycles. The largest absolute Gasteiger partial charge is 0.369 e. The molecule has 7 heteroatoms. The van der Waals surface area contributed by atoms with E-state index in [1.807, 2.05) is 0 Å². The van der Waals surface area contributed by atoms with Gasteiger partial charge in [-0.15, -0.1) is 0 Å². The molecule has 3 rings (SSSR count). The summed E-state index contributed by atoms with van der Waals surface area (Å²) in [7, 11) is 0. The summed E-state index contributed by atoms with van der Waals surface area (Å²) < 4.78 is 0. The van der Waals surface area contributed by atoms with Crippen molar-refractivity contribution in [2.45, 2.75) is 6.42 Å². The number of aromatic amines is 2. The molecule has 6 nitrogen and oxygen atoms in total. The minimum atomic E-state index is -0.420. The van der Waals surface area contributed by atoms with Crippen LogP contribution in [0.25, 0.3) is 12.2 Å². The Hall–Kier alpha value is -3.38. The number of carbonyl (C=O) groups is 1. The molecule has 3 aromatic rings. The Bertz CT molecular complexity index is 1210. The Labute approximate surface area is 158 Å². The number of H-pyrrole nitrogens is 2. The summed E-state index contributed by atoms with van der Waals surface area (Å²) in [6.45, 7) is 0. The van der Waals surface area contributed by atoms with Crippen LogP contribution in [0.15, 0.2) is 58.1 Å². The minimum Gasteiger partial charge on any atom is -0.369 e. The van der Waals surface area contributed by atoms with Crippen molar-refractivity contribution in [3.8, 4) is 0 Å². The lowest BCUT2D eigenvalue weighted by atomic mass is 10.1. The lowest BCUT2D eigenvalue weighted by molar-refractivity contribution is -0.117. The molecule has 0 fully saturated rings. The monoisotopic (exact) mass is 381 g/mol. The fourth-order valence-corrected chi connectivity index (χ4v) is 2.65. The predicted octanol–water partition coefficient (Wildman–Crippen LogP) is 0.402. The van der Waals surface area contributed by atoms with E-state index in [9.17, 15) is 14.4 Å². The molecule has 0 spiro atoms. The standard InChI is InChI=1S/C20H16ClN3O3/c21-15-7-5-13(6-8-15)10-17-20(27)23-16(19(26)24-17)9-12-1-3-14(4-2-12)11-18(22)25/h1-10H,11H2,(H2,22,25)(H,23,27)(H,24,26). The molecule has 0 aliphatic rings. The van der Waals surface area contributed by atoms with Crippen LogP contribution in [0.3, 0.4) is 0 Å². The Morgan fingerprint density at radius 1 is 0.852 bits per heavy atom.